The van der Waals surface area contributed by atoms with Crippen molar-refractivity contribution < 1.29 is 0 Å². The van der Waals surface area contributed by atoms with E-state index in [-0.39, 0.29) is 0 Å². The van der Waals surface area contributed by atoms with Crippen molar-refractivity contribution in [3.63, 3.8) is 0 Å². The summed E-state index contributed by atoms with van der Waals surface area (Å²) in [7, 11) is 0. The van der Waals surface area contributed by atoms with Gasteiger partial charge in [0.05, 0.1) is 0 Å². The molecule has 0 radical (unpaired) electrons. The molecule has 0 aromatic carbocycles. The minimum atomic E-state index is 0.556. The normalized spacial score (nSPS) is 15.4. The summed E-state index contributed by atoms with van der Waals surface area (Å²) in [5.74, 6) is 0.556. The molecule has 0 amide bonds. The summed E-state index contributed by atoms with van der Waals surface area (Å²) in [6.45, 7) is 10.1. The van der Waals surface area contributed by atoms with Crippen LogP contribution in [-0.2, 0) is 0 Å². The molecule has 0 rings (SSSR count). The fourth-order valence-corrected chi connectivity index (χ4v) is 1.10. The summed E-state index contributed by atoms with van der Waals surface area (Å²) in [5.41, 5.74) is 1.39. The minimum Gasteiger partial charge on any atom is -0.103 e. The molecule has 0 aliphatic heterocycles. The van der Waals surface area contributed by atoms with Crippen LogP contribution in [0.15, 0.2) is 36.5 Å². The van der Waals surface area contributed by atoms with E-state index in [0.717, 1.165) is 6.42 Å². The van der Waals surface area contributed by atoms with Crippen molar-refractivity contribution in [2.75, 3.05) is 0 Å². The Bertz CT molecular complexity index is 161. The van der Waals surface area contributed by atoms with Crippen LogP contribution in [-0.4, -0.2) is 0 Å². The van der Waals surface area contributed by atoms with Gasteiger partial charge in [0.2, 0.25) is 0 Å². The highest BCUT2D eigenvalue weighted by molar-refractivity contribution is 5.08. The van der Waals surface area contributed by atoms with Gasteiger partial charge in [-0.25, -0.2) is 0 Å². The summed E-state index contributed by atoms with van der Waals surface area (Å²) >= 11 is 0. The maximum Gasteiger partial charge on any atom is -0.00793 e. The molecule has 0 saturated heterocycles. The minimum absolute atomic E-state index is 0.556. The van der Waals surface area contributed by atoms with Gasteiger partial charge in [0.15, 0.2) is 0 Å². The average molecular weight is 150 g/mol. The maximum absolute atomic E-state index is 3.70. The van der Waals surface area contributed by atoms with Crippen molar-refractivity contribution in [3.05, 3.63) is 36.5 Å². The number of rotatable bonds is 4. The lowest BCUT2D eigenvalue weighted by Gasteiger charge is -2.00. The lowest BCUT2D eigenvalue weighted by Crippen LogP contribution is -1.84. The topological polar surface area (TPSA) is 0 Å². The van der Waals surface area contributed by atoms with Gasteiger partial charge in [-0.3, -0.25) is 0 Å². The van der Waals surface area contributed by atoms with Gasteiger partial charge in [0.25, 0.3) is 0 Å². The lowest BCUT2D eigenvalue weighted by atomic mass is 10.1. The molecule has 0 aliphatic rings. The quantitative estimate of drug-likeness (QED) is 0.536. The molecular formula is C11H18. The zero-order valence-electron chi connectivity index (χ0n) is 7.80. The number of hydrogen-bond donors (Lipinski definition) is 0. The third-order valence-electron chi connectivity index (χ3n) is 1.51. The molecule has 0 spiro atoms. The predicted molar refractivity (Wildman–Crippen MR) is 52.5 cm³/mol. The Kier molecular flexibility index (Phi) is 5.54. The first kappa shape index (κ1) is 10.2. The second-order valence-corrected chi connectivity index (χ2v) is 2.89. The standard InChI is InChI=1S/C11H18/c1-5-7-10(3)9-11(4)8-6-2/h5-6,8-9,11H,1,7H2,2-4H3. The molecule has 11 heavy (non-hydrogen) atoms. The third-order valence-corrected chi connectivity index (χ3v) is 1.51. The van der Waals surface area contributed by atoms with Crippen molar-refractivity contribution in [1.82, 2.24) is 0 Å². The van der Waals surface area contributed by atoms with Gasteiger partial charge in [-0.2, -0.15) is 0 Å². The second kappa shape index (κ2) is 5.96. The summed E-state index contributed by atoms with van der Waals surface area (Å²) < 4.78 is 0. The molecule has 62 valence electrons. The van der Waals surface area contributed by atoms with Crippen molar-refractivity contribution in [1.29, 1.82) is 0 Å². The van der Waals surface area contributed by atoms with Crippen molar-refractivity contribution in [2.45, 2.75) is 27.2 Å². The Morgan fingerprint density at radius 1 is 1.55 bits per heavy atom. The van der Waals surface area contributed by atoms with Gasteiger partial charge in [0.1, 0.15) is 0 Å². The molecular weight excluding hydrogens is 132 g/mol. The Hall–Kier alpha value is -0.780. The Labute approximate surface area is 70.3 Å². The summed E-state index contributed by atoms with van der Waals surface area (Å²) in [4.78, 5) is 0. The van der Waals surface area contributed by atoms with Gasteiger partial charge in [0, 0.05) is 0 Å². The SMILES string of the molecule is C=CCC(C)=CC(C)C=CC. The van der Waals surface area contributed by atoms with E-state index in [1.54, 1.807) is 0 Å². The highest BCUT2D eigenvalue weighted by Gasteiger charge is 1.90. The molecule has 0 aromatic rings. The van der Waals surface area contributed by atoms with E-state index in [4.69, 9.17) is 0 Å². The van der Waals surface area contributed by atoms with Gasteiger partial charge < -0.3 is 0 Å². The molecule has 0 aliphatic carbocycles. The first-order valence-electron chi connectivity index (χ1n) is 4.11. The number of hydrogen-bond acceptors (Lipinski definition) is 0. The zero-order chi connectivity index (χ0) is 8.69. The Morgan fingerprint density at radius 3 is 2.64 bits per heavy atom. The number of allylic oxidation sites excluding steroid dienone is 5. The van der Waals surface area contributed by atoms with Crippen LogP contribution in [0.2, 0.25) is 0 Å². The van der Waals surface area contributed by atoms with Crippen molar-refractivity contribution in [2.24, 2.45) is 5.92 Å². The fourth-order valence-electron chi connectivity index (χ4n) is 1.10. The first-order chi connectivity index (χ1) is 5.20. The van der Waals surface area contributed by atoms with Gasteiger partial charge in [-0.05, 0) is 26.2 Å². The van der Waals surface area contributed by atoms with Crippen LogP contribution >= 0.6 is 0 Å². The molecule has 1 atom stereocenters. The summed E-state index contributed by atoms with van der Waals surface area (Å²) in [6, 6.07) is 0. The van der Waals surface area contributed by atoms with E-state index < -0.39 is 0 Å². The molecule has 1 unspecified atom stereocenters. The van der Waals surface area contributed by atoms with E-state index >= 15 is 0 Å². The van der Waals surface area contributed by atoms with Crippen LogP contribution in [0.1, 0.15) is 27.2 Å². The van der Waals surface area contributed by atoms with E-state index in [1.807, 2.05) is 13.0 Å². The third kappa shape index (κ3) is 5.65. The van der Waals surface area contributed by atoms with Crippen LogP contribution in [0.25, 0.3) is 0 Å². The molecule has 0 fully saturated rings. The van der Waals surface area contributed by atoms with Crippen LogP contribution in [0, 0.1) is 5.92 Å². The van der Waals surface area contributed by atoms with Crippen molar-refractivity contribution >= 4 is 0 Å². The van der Waals surface area contributed by atoms with Gasteiger partial charge >= 0.3 is 0 Å². The Morgan fingerprint density at radius 2 is 2.18 bits per heavy atom. The van der Waals surface area contributed by atoms with Crippen LogP contribution in [0.3, 0.4) is 0 Å². The van der Waals surface area contributed by atoms with Gasteiger partial charge in [-0.15, -0.1) is 6.58 Å². The van der Waals surface area contributed by atoms with E-state index in [1.165, 1.54) is 5.57 Å². The highest BCUT2D eigenvalue weighted by Crippen LogP contribution is 2.07. The molecule has 0 nitrogen and oxygen atoms in total. The van der Waals surface area contributed by atoms with Crippen LogP contribution in [0.5, 0.6) is 0 Å². The molecule has 0 heterocycles. The average Bonchev–Trinajstić information content (AvgIpc) is 1.87. The van der Waals surface area contributed by atoms with Crippen molar-refractivity contribution in [3.8, 4) is 0 Å². The van der Waals surface area contributed by atoms with E-state index in [0.29, 0.717) is 5.92 Å². The van der Waals surface area contributed by atoms with E-state index in [9.17, 15) is 0 Å². The largest absolute Gasteiger partial charge is 0.103 e. The highest BCUT2D eigenvalue weighted by atomic mass is 14.0. The molecule has 0 heteroatoms. The lowest BCUT2D eigenvalue weighted by molar-refractivity contribution is 0.914. The first-order valence-corrected chi connectivity index (χ1v) is 4.11. The van der Waals surface area contributed by atoms with Gasteiger partial charge in [-0.1, -0.05) is 36.8 Å². The predicted octanol–water partition coefficient (Wildman–Crippen LogP) is 3.72. The summed E-state index contributed by atoms with van der Waals surface area (Å²) in [6.07, 6.45) is 9.48. The zero-order valence-corrected chi connectivity index (χ0v) is 7.80. The molecule has 0 N–H and O–H groups in total. The monoisotopic (exact) mass is 150 g/mol. The van der Waals surface area contributed by atoms with Crippen LogP contribution < -0.4 is 0 Å². The second-order valence-electron chi connectivity index (χ2n) is 2.89. The van der Waals surface area contributed by atoms with Crippen LogP contribution in [0.4, 0.5) is 0 Å². The fraction of sp³-hybridized carbons (Fsp3) is 0.455. The molecule has 0 bridgehead atoms. The smallest absolute Gasteiger partial charge is 0.00793 e. The van der Waals surface area contributed by atoms with E-state index in [2.05, 4.69) is 38.7 Å². The molecule has 0 aromatic heterocycles. The maximum atomic E-state index is 3.70. The molecule has 0 saturated carbocycles. The summed E-state index contributed by atoms with van der Waals surface area (Å²) in [5, 5.41) is 0. The Balaban J connectivity index is 3.95.